The molecule has 1 aliphatic rings. The molecule has 0 bridgehead atoms. The van der Waals surface area contributed by atoms with Gasteiger partial charge in [-0.15, -0.1) is 0 Å². The smallest absolute Gasteiger partial charge is 0.249 e. The fourth-order valence-corrected chi connectivity index (χ4v) is 5.60. The number of carbonyl (C=O) groups excluding carboxylic acids is 2. The van der Waals surface area contributed by atoms with Gasteiger partial charge in [0.05, 0.1) is 17.0 Å². The summed E-state index contributed by atoms with van der Waals surface area (Å²) in [5.74, 6) is 0.789. The number of hydrogen-bond donors (Lipinski definition) is 1. The lowest BCUT2D eigenvalue weighted by atomic mass is 10.0. The van der Waals surface area contributed by atoms with Gasteiger partial charge in [0, 0.05) is 42.8 Å². The molecule has 5 rings (SSSR count). The van der Waals surface area contributed by atoms with Crippen LogP contribution in [0, 0.1) is 13.8 Å². The quantitative estimate of drug-likeness (QED) is 0.313. The Kier molecular flexibility index (Phi) is 7.53. The maximum Gasteiger partial charge on any atom is 0.249 e. The van der Waals surface area contributed by atoms with E-state index in [0.29, 0.717) is 28.6 Å². The molecule has 8 heteroatoms. The Hall–Kier alpha value is -3.97. The van der Waals surface area contributed by atoms with Crippen molar-refractivity contribution in [2.24, 2.45) is 0 Å². The Morgan fingerprint density at radius 2 is 1.79 bits per heavy atom. The van der Waals surface area contributed by atoms with E-state index < -0.39 is 6.04 Å². The Bertz CT molecular complexity index is 1550. The number of rotatable bonds is 8. The fraction of sp³-hybridized carbons (Fsp3) is 0.290. The molecule has 1 N–H and O–H groups in total. The number of anilines is 1. The Morgan fingerprint density at radius 3 is 2.54 bits per heavy atom. The molecule has 0 unspecified atom stereocenters. The summed E-state index contributed by atoms with van der Waals surface area (Å²) >= 11 is 6.59. The number of nitrogens with one attached hydrogen (secondary N) is 1. The molecule has 3 aromatic carbocycles. The molecule has 0 spiro atoms. The van der Waals surface area contributed by atoms with Gasteiger partial charge in [-0.3, -0.25) is 9.59 Å². The van der Waals surface area contributed by atoms with Crippen molar-refractivity contribution in [1.82, 2.24) is 9.88 Å². The third-order valence-corrected chi connectivity index (χ3v) is 7.70. The molecule has 39 heavy (non-hydrogen) atoms. The summed E-state index contributed by atoms with van der Waals surface area (Å²) in [6, 6.07) is 18.2. The maximum absolute atomic E-state index is 13.8. The van der Waals surface area contributed by atoms with Gasteiger partial charge in [-0.2, -0.15) is 0 Å². The van der Waals surface area contributed by atoms with Gasteiger partial charge >= 0.3 is 0 Å². The van der Waals surface area contributed by atoms with Crippen molar-refractivity contribution in [3.63, 3.8) is 0 Å². The highest BCUT2D eigenvalue weighted by Gasteiger charge is 2.28. The maximum atomic E-state index is 13.8. The number of likely N-dealkylation sites (N-methyl/N-ethyl adjacent to an activating group) is 1. The lowest BCUT2D eigenvalue weighted by molar-refractivity contribution is -0.127. The predicted molar refractivity (Wildman–Crippen MR) is 154 cm³/mol. The second-order valence-electron chi connectivity index (χ2n) is 9.82. The number of hydrogen-bond acceptors (Lipinski definition) is 4. The van der Waals surface area contributed by atoms with Crippen molar-refractivity contribution in [2.75, 3.05) is 18.7 Å². The van der Waals surface area contributed by atoms with Gasteiger partial charge in [-0.05, 0) is 55.7 Å². The summed E-state index contributed by atoms with van der Waals surface area (Å²) in [7, 11) is 1.70. The summed E-state index contributed by atoms with van der Waals surface area (Å²) < 4.78 is 13.0. The Balaban J connectivity index is 1.43. The first kappa shape index (κ1) is 26.6. The third-order valence-electron chi connectivity index (χ3n) is 7.39. The molecule has 4 aromatic rings. The van der Waals surface area contributed by atoms with Crippen molar-refractivity contribution in [3.8, 4) is 11.5 Å². The van der Waals surface area contributed by atoms with E-state index in [1.807, 2.05) is 62.4 Å². The third kappa shape index (κ3) is 5.19. The molecule has 0 aliphatic carbocycles. The predicted octanol–water partition coefficient (Wildman–Crippen LogP) is 5.59. The van der Waals surface area contributed by atoms with E-state index >= 15 is 0 Å². The number of benzene rings is 3. The first-order valence-corrected chi connectivity index (χ1v) is 13.4. The van der Waals surface area contributed by atoms with Gasteiger partial charge in [0.25, 0.3) is 0 Å². The fourth-order valence-electron chi connectivity index (χ4n) is 5.35. The van der Waals surface area contributed by atoms with Crippen molar-refractivity contribution in [1.29, 1.82) is 0 Å². The molecule has 0 saturated carbocycles. The van der Waals surface area contributed by atoms with Crippen LogP contribution in [0.1, 0.15) is 29.3 Å². The Morgan fingerprint density at radius 1 is 1.05 bits per heavy atom. The van der Waals surface area contributed by atoms with Crippen LogP contribution in [-0.4, -0.2) is 36.3 Å². The monoisotopic (exact) mass is 545 g/mol. The molecule has 2 heterocycles. The van der Waals surface area contributed by atoms with Crippen LogP contribution in [-0.2, 0) is 29.0 Å². The van der Waals surface area contributed by atoms with Gasteiger partial charge < -0.3 is 24.3 Å². The second-order valence-corrected chi connectivity index (χ2v) is 10.2. The number of aromatic nitrogens is 1. The minimum Gasteiger partial charge on any atom is -0.454 e. The Labute approximate surface area is 233 Å². The number of aryl methyl sites for hydroxylation is 2. The standard InChI is InChI=1S/C31H32ClN3O4/c1-5-35-20(3)23(29-19(2)11-13-24(32)30(29)35)17-28(36)33-25(15-21-9-7-6-8-10-21)31(37)34(4)22-12-14-26-27(16-22)39-18-38-26/h6-14,16,25H,5,15,17-18H2,1-4H3,(H,33,36)/t25-/m0/s1. The van der Waals surface area contributed by atoms with Gasteiger partial charge in [-0.1, -0.05) is 48.0 Å². The van der Waals surface area contributed by atoms with Crippen LogP contribution in [0.15, 0.2) is 60.7 Å². The number of fused-ring (bicyclic) bond motifs is 2. The second kappa shape index (κ2) is 11.0. The van der Waals surface area contributed by atoms with Gasteiger partial charge in [0.1, 0.15) is 6.04 Å². The van der Waals surface area contributed by atoms with Crippen LogP contribution in [0.3, 0.4) is 0 Å². The van der Waals surface area contributed by atoms with E-state index in [0.717, 1.165) is 39.8 Å². The molecular weight excluding hydrogens is 514 g/mol. The van der Waals surface area contributed by atoms with E-state index in [-0.39, 0.29) is 25.0 Å². The lowest BCUT2D eigenvalue weighted by Crippen LogP contribution is -2.49. The number of nitrogens with zero attached hydrogens (tertiary/aromatic N) is 2. The summed E-state index contributed by atoms with van der Waals surface area (Å²) in [5, 5.41) is 4.70. The highest BCUT2D eigenvalue weighted by atomic mass is 35.5. The first-order chi connectivity index (χ1) is 18.8. The van der Waals surface area contributed by atoms with E-state index in [1.165, 1.54) is 0 Å². The summed E-state index contributed by atoms with van der Waals surface area (Å²) in [6.45, 7) is 7.00. The SMILES string of the molecule is CCn1c(C)c(CC(=O)N[C@@H](Cc2ccccc2)C(=O)N(C)c2ccc3c(c2)OCO3)c2c(C)ccc(Cl)c21. The first-order valence-electron chi connectivity index (χ1n) is 13.1. The van der Waals surface area contributed by atoms with Gasteiger partial charge in [-0.25, -0.2) is 0 Å². The minimum atomic E-state index is -0.764. The highest BCUT2D eigenvalue weighted by Crippen LogP contribution is 2.36. The van der Waals surface area contributed by atoms with Crippen LogP contribution < -0.4 is 19.7 Å². The molecule has 0 fully saturated rings. The van der Waals surface area contributed by atoms with E-state index in [4.69, 9.17) is 21.1 Å². The molecule has 0 radical (unpaired) electrons. The summed E-state index contributed by atoms with van der Waals surface area (Å²) in [5.41, 5.74) is 5.55. The van der Waals surface area contributed by atoms with E-state index in [9.17, 15) is 9.59 Å². The van der Waals surface area contributed by atoms with E-state index in [2.05, 4.69) is 16.8 Å². The lowest BCUT2D eigenvalue weighted by Gasteiger charge is -2.25. The highest BCUT2D eigenvalue weighted by molar-refractivity contribution is 6.35. The number of carbonyl (C=O) groups is 2. The zero-order valence-corrected chi connectivity index (χ0v) is 23.3. The van der Waals surface area contributed by atoms with Crippen LogP contribution in [0.25, 0.3) is 10.9 Å². The van der Waals surface area contributed by atoms with E-state index in [1.54, 1.807) is 24.1 Å². The summed E-state index contributed by atoms with van der Waals surface area (Å²) in [4.78, 5) is 28.9. The van der Waals surface area contributed by atoms with Crippen molar-refractivity contribution >= 4 is 40.0 Å². The topological polar surface area (TPSA) is 72.8 Å². The van der Waals surface area contributed by atoms with Crippen molar-refractivity contribution in [3.05, 3.63) is 88.1 Å². The zero-order chi connectivity index (χ0) is 27.7. The number of ether oxygens (including phenoxy) is 2. The molecule has 1 aromatic heterocycles. The molecule has 2 amide bonds. The van der Waals surface area contributed by atoms with Crippen LogP contribution in [0.4, 0.5) is 5.69 Å². The average molecular weight is 546 g/mol. The summed E-state index contributed by atoms with van der Waals surface area (Å²) in [6.07, 6.45) is 0.504. The van der Waals surface area contributed by atoms with Gasteiger partial charge in [0.15, 0.2) is 11.5 Å². The zero-order valence-electron chi connectivity index (χ0n) is 22.6. The minimum absolute atomic E-state index is 0.142. The van der Waals surface area contributed by atoms with Crippen LogP contribution in [0.5, 0.6) is 11.5 Å². The van der Waals surface area contributed by atoms with Crippen molar-refractivity contribution in [2.45, 2.75) is 46.2 Å². The molecule has 202 valence electrons. The number of halogens is 1. The largest absolute Gasteiger partial charge is 0.454 e. The molecule has 7 nitrogen and oxygen atoms in total. The molecule has 0 saturated heterocycles. The van der Waals surface area contributed by atoms with Crippen LogP contribution in [0.2, 0.25) is 5.02 Å². The molecule has 1 aliphatic heterocycles. The molecular formula is C31H32ClN3O4. The van der Waals surface area contributed by atoms with Gasteiger partial charge in [0.2, 0.25) is 18.6 Å². The number of amides is 2. The molecule has 1 atom stereocenters. The van der Waals surface area contributed by atoms with Crippen molar-refractivity contribution < 1.29 is 19.1 Å². The average Bonchev–Trinajstić information content (AvgIpc) is 3.52. The normalized spacial score (nSPS) is 12.9. The van der Waals surface area contributed by atoms with Crippen LogP contribution >= 0.6 is 11.6 Å².